The van der Waals surface area contributed by atoms with Gasteiger partial charge in [-0.3, -0.25) is 4.99 Å². The van der Waals surface area contributed by atoms with Gasteiger partial charge in [0, 0.05) is 24.9 Å². The number of isocyanates is 2. The van der Waals surface area contributed by atoms with Crippen molar-refractivity contribution in [2.45, 2.75) is 77.3 Å². The summed E-state index contributed by atoms with van der Waals surface area (Å²) < 4.78 is 0. The lowest BCUT2D eigenvalue weighted by atomic mass is 10.2. The molecule has 0 aromatic rings. The molecule has 36 heavy (non-hydrogen) atoms. The highest BCUT2D eigenvalue weighted by molar-refractivity contribution is 5.73. The fraction of sp³-hybridized carbons (Fsp3) is 0.708. The van der Waals surface area contributed by atoms with Crippen LogP contribution in [0.25, 0.3) is 0 Å². The van der Waals surface area contributed by atoms with Gasteiger partial charge in [0.05, 0.1) is 13.1 Å². The molecule has 1 unspecified atom stereocenters. The van der Waals surface area contributed by atoms with Gasteiger partial charge in [-0.15, -0.1) is 6.58 Å². The number of urea groups is 1. The molecule has 2 amide bonds. The molecule has 0 radical (unpaired) electrons. The summed E-state index contributed by atoms with van der Waals surface area (Å²) in [5, 5.41) is 6.72. The van der Waals surface area contributed by atoms with Crippen LogP contribution in [-0.4, -0.2) is 75.1 Å². The average Bonchev–Trinajstić information content (AvgIpc) is 2.88. The second-order valence-corrected chi connectivity index (χ2v) is 7.75. The summed E-state index contributed by atoms with van der Waals surface area (Å²) in [5.41, 5.74) is 0. The summed E-state index contributed by atoms with van der Waals surface area (Å²) in [6.45, 7) is 8.15. The predicted octanol–water partition coefficient (Wildman–Crippen LogP) is 3.61. The van der Waals surface area contributed by atoms with E-state index in [0.29, 0.717) is 39.1 Å². The lowest BCUT2D eigenvalue weighted by Crippen LogP contribution is -2.35. The molecule has 12 nitrogen and oxygen atoms in total. The fourth-order valence-electron chi connectivity index (χ4n) is 2.80. The number of carbonyl (C=O) groups excluding carboxylic acids is 3. The van der Waals surface area contributed by atoms with Gasteiger partial charge in [-0.25, -0.2) is 24.4 Å². The van der Waals surface area contributed by atoms with Crippen molar-refractivity contribution in [3.8, 4) is 0 Å². The van der Waals surface area contributed by atoms with Crippen LogP contribution in [0, 0.1) is 0 Å². The van der Waals surface area contributed by atoms with Gasteiger partial charge in [-0.2, -0.15) is 4.99 Å². The number of nitrogens with one attached hydrogen (secondary N) is 2. The van der Waals surface area contributed by atoms with E-state index in [0.717, 1.165) is 57.8 Å². The number of aliphatic imine (C=N–C) groups is 4. The summed E-state index contributed by atoms with van der Waals surface area (Å²) in [7, 11) is 0. The molecule has 0 aromatic carbocycles. The van der Waals surface area contributed by atoms with Crippen LogP contribution in [0.5, 0.6) is 0 Å². The Morgan fingerprint density at radius 1 is 0.972 bits per heavy atom. The maximum absolute atomic E-state index is 11.5. The fourth-order valence-corrected chi connectivity index (χ4v) is 2.80. The first-order chi connectivity index (χ1) is 17.7. The highest BCUT2D eigenvalue weighted by atomic mass is 16.9. The van der Waals surface area contributed by atoms with Gasteiger partial charge < -0.3 is 20.3 Å². The Morgan fingerprint density at radius 2 is 1.72 bits per heavy atom. The summed E-state index contributed by atoms with van der Waals surface area (Å²) in [6, 6.07) is -0.202. The summed E-state index contributed by atoms with van der Waals surface area (Å²) in [5.74, 6) is 0. The summed E-state index contributed by atoms with van der Waals surface area (Å²) in [4.78, 5) is 58.6. The number of carbonyl (C=O) groups is 1. The van der Waals surface area contributed by atoms with Crippen LogP contribution in [-0.2, 0) is 19.3 Å². The zero-order valence-electron chi connectivity index (χ0n) is 21.4. The number of nitrogens with zero attached hydrogens (tertiary/aromatic N) is 5. The molecular weight excluding hydrogens is 466 g/mol. The second-order valence-electron chi connectivity index (χ2n) is 7.75. The van der Waals surface area contributed by atoms with Crippen molar-refractivity contribution in [3.05, 3.63) is 12.7 Å². The first-order valence-corrected chi connectivity index (χ1v) is 12.5. The van der Waals surface area contributed by atoms with Gasteiger partial charge in [0.1, 0.15) is 0 Å². The molecule has 0 saturated carbocycles. The molecule has 0 aliphatic carbocycles. The quantitative estimate of drug-likeness (QED) is 0.0509. The molecule has 0 bridgehead atoms. The van der Waals surface area contributed by atoms with E-state index in [9.17, 15) is 14.4 Å². The molecule has 0 fully saturated rings. The first-order valence-electron chi connectivity index (χ1n) is 12.5. The monoisotopic (exact) mass is 507 g/mol. The molecular formula is C24H41N7O5. The zero-order chi connectivity index (χ0) is 26.5. The molecule has 0 aliphatic heterocycles. The van der Waals surface area contributed by atoms with E-state index in [1.807, 2.05) is 6.92 Å². The van der Waals surface area contributed by atoms with Crippen molar-refractivity contribution < 1.29 is 24.1 Å². The van der Waals surface area contributed by atoms with E-state index in [4.69, 9.17) is 9.68 Å². The molecule has 1 atom stereocenters. The Hall–Kier alpha value is -3.33. The number of hydroxylamine groups is 2. The van der Waals surface area contributed by atoms with Crippen LogP contribution in [0.4, 0.5) is 4.79 Å². The van der Waals surface area contributed by atoms with Crippen LogP contribution < -0.4 is 10.6 Å². The molecule has 0 aromatic heterocycles. The van der Waals surface area contributed by atoms with Crippen molar-refractivity contribution in [3.63, 3.8) is 0 Å². The molecule has 2 N–H and O–H groups in total. The third kappa shape index (κ3) is 22.5. The normalized spacial score (nSPS) is 11.6. The molecule has 12 heteroatoms. The maximum atomic E-state index is 11.5. The van der Waals surface area contributed by atoms with Gasteiger partial charge >= 0.3 is 6.03 Å². The van der Waals surface area contributed by atoms with E-state index < -0.39 is 6.17 Å². The van der Waals surface area contributed by atoms with Gasteiger partial charge in [-0.05, 0) is 44.9 Å². The third-order valence-corrected chi connectivity index (χ3v) is 4.74. The number of hydrogen-bond acceptors (Lipinski definition) is 10. The largest absolute Gasteiger partial charge is 0.359 e. The Balaban J connectivity index is 4.44. The highest BCUT2D eigenvalue weighted by Gasteiger charge is 2.07. The van der Waals surface area contributed by atoms with E-state index in [1.54, 1.807) is 12.2 Å². The van der Waals surface area contributed by atoms with Crippen LogP contribution >= 0.6 is 0 Å². The number of hydrogen-bond donors (Lipinski definition) is 2. The van der Waals surface area contributed by atoms with Crippen molar-refractivity contribution in [2.24, 2.45) is 20.0 Å². The lowest BCUT2D eigenvalue weighted by molar-refractivity contribution is -0.271. The van der Waals surface area contributed by atoms with Crippen LogP contribution in [0.15, 0.2) is 32.6 Å². The smallest absolute Gasteiger partial charge is 0.315 e. The van der Waals surface area contributed by atoms with Crippen molar-refractivity contribution in [1.29, 1.82) is 0 Å². The zero-order valence-corrected chi connectivity index (χ0v) is 21.4. The number of unbranched alkanes of at least 4 members (excludes halogenated alkanes) is 6. The molecule has 202 valence electrons. The third-order valence-electron chi connectivity index (χ3n) is 4.74. The SMILES string of the molecule is C=CCNC(=O)NCCCCCCN(OC=NCCCCCN=C=O)O/C=N\C(CCCC)N=C=O. The molecule has 0 rings (SSSR count). The lowest BCUT2D eigenvalue weighted by Gasteiger charge is -2.17. The maximum Gasteiger partial charge on any atom is 0.315 e. The number of amides is 2. The van der Waals surface area contributed by atoms with Crippen molar-refractivity contribution in [1.82, 2.24) is 15.9 Å². The van der Waals surface area contributed by atoms with E-state index >= 15 is 0 Å². The Morgan fingerprint density at radius 3 is 2.47 bits per heavy atom. The van der Waals surface area contributed by atoms with Crippen LogP contribution in [0.3, 0.4) is 0 Å². The minimum atomic E-state index is -0.530. The van der Waals surface area contributed by atoms with Crippen molar-refractivity contribution >= 4 is 31.0 Å². The number of rotatable bonds is 24. The highest BCUT2D eigenvalue weighted by Crippen LogP contribution is 2.06. The van der Waals surface area contributed by atoms with Gasteiger partial charge in [0.2, 0.25) is 25.0 Å². The van der Waals surface area contributed by atoms with Crippen LogP contribution in [0.2, 0.25) is 0 Å². The second kappa shape index (κ2) is 26.3. The molecule has 0 aliphatic rings. The predicted molar refractivity (Wildman–Crippen MR) is 139 cm³/mol. The average molecular weight is 508 g/mol. The minimum absolute atomic E-state index is 0.202. The summed E-state index contributed by atoms with van der Waals surface area (Å²) >= 11 is 0. The van der Waals surface area contributed by atoms with E-state index in [2.05, 4.69) is 37.2 Å². The standard InChI is InChI=1S/C24H41N7O5/c1-3-5-13-23(29-20-33)30-22-36-31(35-21-26-16-10-8-9-15-25-19-32)18-12-7-6-11-17-28-24(34)27-14-4-2/h4,21-23H,2-3,5-18H2,1H3,(H2,27,28,34)/b26-21?,30-22-. The molecule has 0 heterocycles. The molecule has 0 spiro atoms. The Kier molecular flexibility index (Phi) is 23.8. The molecule has 0 saturated heterocycles. The summed E-state index contributed by atoms with van der Waals surface area (Å²) in [6.07, 6.45) is 15.2. The van der Waals surface area contributed by atoms with Crippen molar-refractivity contribution in [2.75, 3.05) is 32.7 Å². The van der Waals surface area contributed by atoms with Gasteiger partial charge in [-0.1, -0.05) is 32.3 Å². The van der Waals surface area contributed by atoms with E-state index in [-0.39, 0.29) is 6.03 Å². The Labute approximate surface area is 214 Å². The van der Waals surface area contributed by atoms with Gasteiger partial charge in [0.15, 0.2) is 6.17 Å². The van der Waals surface area contributed by atoms with Crippen LogP contribution in [0.1, 0.15) is 71.1 Å². The first kappa shape index (κ1) is 32.7. The topological polar surface area (TPSA) is 146 Å². The van der Waals surface area contributed by atoms with E-state index in [1.165, 1.54) is 24.1 Å². The Bertz CT molecular complexity index is 720. The minimum Gasteiger partial charge on any atom is -0.359 e. The van der Waals surface area contributed by atoms with Gasteiger partial charge in [0.25, 0.3) is 0 Å².